The fraction of sp³-hybridized carbons (Fsp3) is 0.200. The van der Waals surface area contributed by atoms with E-state index in [9.17, 15) is 0 Å². The van der Waals surface area contributed by atoms with Crippen molar-refractivity contribution in [1.82, 2.24) is 9.97 Å². The summed E-state index contributed by atoms with van der Waals surface area (Å²) in [6.45, 7) is 5.10. The average Bonchev–Trinajstić information content (AvgIpc) is 3.11. The molecule has 0 atom stereocenters. The molecule has 3 aromatic rings. The first-order chi connectivity index (χ1) is 12.7. The molecule has 2 heterocycles. The van der Waals surface area contributed by atoms with Gasteiger partial charge in [-0.1, -0.05) is 12.1 Å². The van der Waals surface area contributed by atoms with Crippen molar-refractivity contribution in [2.45, 2.75) is 20.4 Å². The molecule has 0 radical (unpaired) electrons. The van der Waals surface area contributed by atoms with E-state index in [0.29, 0.717) is 12.5 Å². The van der Waals surface area contributed by atoms with Crippen molar-refractivity contribution in [3.63, 3.8) is 0 Å². The van der Waals surface area contributed by atoms with Crippen molar-refractivity contribution >= 4 is 17.5 Å². The number of ether oxygens (including phenoxy) is 2. The van der Waals surface area contributed by atoms with Gasteiger partial charge in [0.1, 0.15) is 5.82 Å². The smallest absolute Gasteiger partial charge is 0.231 e. The standard InChI is InChI=1S/C20H20N4O2/c1-13-3-5-16(9-14(13)2)23-20-21-8-7-19(24-20)22-11-15-4-6-17-18(10-15)26-12-25-17/h3-10H,11-12H2,1-2H3,(H2,21,22,23,24). The second-order valence-corrected chi connectivity index (χ2v) is 6.23. The van der Waals surface area contributed by atoms with E-state index in [1.165, 1.54) is 11.1 Å². The first-order valence-electron chi connectivity index (χ1n) is 8.47. The Morgan fingerprint density at radius 3 is 2.73 bits per heavy atom. The van der Waals surface area contributed by atoms with Crippen LogP contribution in [0.25, 0.3) is 0 Å². The fourth-order valence-corrected chi connectivity index (χ4v) is 2.71. The quantitative estimate of drug-likeness (QED) is 0.721. The number of aryl methyl sites for hydroxylation is 2. The molecule has 0 unspecified atom stereocenters. The molecule has 0 aliphatic carbocycles. The van der Waals surface area contributed by atoms with Gasteiger partial charge >= 0.3 is 0 Å². The van der Waals surface area contributed by atoms with Crippen molar-refractivity contribution in [2.75, 3.05) is 17.4 Å². The molecule has 2 N–H and O–H groups in total. The third-order valence-electron chi connectivity index (χ3n) is 4.33. The molecule has 0 saturated carbocycles. The topological polar surface area (TPSA) is 68.3 Å². The summed E-state index contributed by atoms with van der Waals surface area (Å²) in [5, 5.41) is 6.56. The number of benzene rings is 2. The van der Waals surface area contributed by atoms with Crippen LogP contribution in [-0.2, 0) is 6.54 Å². The minimum absolute atomic E-state index is 0.283. The Kier molecular flexibility index (Phi) is 4.31. The Morgan fingerprint density at radius 1 is 0.962 bits per heavy atom. The zero-order valence-electron chi connectivity index (χ0n) is 14.7. The minimum atomic E-state index is 0.283. The van der Waals surface area contributed by atoms with E-state index in [1.54, 1.807) is 6.20 Å². The fourth-order valence-electron chi connectivity index (χ4n) is 2.71. The molecule has 1 aliphatic rings. The van der Waals surface area contributed by atoms with E-state index in [0.717, 1.165) is 28.6 Å². The molecule has 6 heteroatoms. The van der Waals surface area contributed by atoms with Gasteiger partial charge in [-0.25, -0.2) is 4.98 Å². The summed E-state index contributed by atoms with van der Waals surface area (Å²) in [7, 11) is 0. The maximum absolute atomic E-state index is 5.41. The number of rotatable bonds is 5. The van der Waals surface area contributed by atoms with Crippen molar-refractivity contribution in [1.29, 1.82) is 0 Å². The molecular weight excluding hydrogens is 328 g/mol. The Labute approximate surface area is 152 Å². The Morgan fingerprint density at radius 2 is 1.85 bits per heavy atom. The maximum Gasteiger partial charge on any atom is 0.231 e. The van der Waals surface area contributed by atoms with Crippen LogP contribution in [0.4, 0.5) is 17.5 Å². The van der Waals surface area contributed by atoms with E-state index in [2.05, 4.69) is 46.6 Å². The highest BCUT2D eigenvalue weighted by molar-refractivity contribution is 5.57. The summed E-state index contributed by atoms with van der Waals surface area (Å²) >= 11 is 0. The van der Waals surface area contributed by atoms with Crippen LogP contribution in [0.15, 0.2) is 48.7 Å². The third-order valence-corrected chi connectivity index (χ3v) is 4.33. The zero-order valence-corrected chi connectivity index (χ0v) is 14.7. The number of nitrogens with one attached hydrogen (secondary N) is 2. The minimum Gasteiger partial charge on any atom is -0.454 e. The van der Waals surface area contributed by atoms with Gasteiger partial charge in [-0.15, -0.1) is 0 Å². The first kappa shape index (κ1) is 16.2. The molecule has 4 rings (SSSR count). The van der Waals surface area contributed by atoms with Crippen LogP contribution in [0.1, 0.15) is 16.7 Å². The van der Waals surface area contributed by atoms with Crippen LogP contribution < -0.4 is 20.1 Å². The first-order valence-corrected chi connectivity index (χ1v) is 8.47. The monoisotopic (exact) mass is 348 g/mol. The summed E-state index contributed by atoms with van der Waals surface area (Å²) < 4.78 is 10.7. The van der Waals surface area contributed by atoms with E-state index in [4.69, 9.17) is 9.47 Å². The molecule has 0 spiro atoms. The van der Waals surface area contributed by atoms with Crippen molar-refractivity contribution in [2.24, 2.45) is 0 Å². The van der Waals surface area contributed by atoms with Crippen LogP contribution in [-0.4, -0.2) is 16.8 Å². The van der Waals surface area contributed by atoms with Crippen molar-refractivity contribution in [3.05, 3.63) is 65.4 Å². The van der Waals surface area contributed by atoms with E-state index < -0.39 is 0 Å². The predicted molar refractivity (Wildman–Crippen MR) is 101 cm³/mol. The molecule has 0 amide bonds. The molecule has 6 nitrogen and oxygen atoms in total. The molecule has 26 heavy (non-hydrogen) atoms. The molecule has 0 saturated heterocycles. The van der Waals surface area contributed by atoms with Crippen LogP contribution in [0.5, 0.6) is 11.5 Å². The lowest BCUT2D eigenvalue weighted by atomic mass is 10.1. The lowest BCUT2D eigenvalue weighted by Gasteiger charge is -2.10. The number of aromatic nitrogens is 2. The molecule has 1 aromatic heterocycles. The van der Waals surface area contributed by atoms with Gasteiger partial charge in [-0.3, -0.25) is 0 Å². The Balaban J connectivity index is 1.43. The second-order valence-electron chi connectivity index (χ2n) is 6.23. The average molecular weight is 348 g/mol. The third kappa shape index (κ3) is 3.54. The van der Waals surface area contributed by atoms with Crippen LogP contribution in [0, 0.1) is 13.8 Å². The second kappa shape index (κ2) is 6.92. The van der Waals surface area contributed by atoms with Gasteiger partial charge in [0.25, 0.3) is 0 Å². The molecular formula is C20H20N4O2. The number of hydrogen-bond acceptors (Lipinski definition) is 6. The van der Waals surface area contributed by atoms with E-state index >= 15 is 0 Å². The lowest BCUT2D eigenvalue weighted by molar-refractivity contribution is 0.174. The van der Waals surface area contributed by atoms with E-state index in [-0.39, 0.29) is 6.79 Å². The molecule has 0 bridgehead atoms. The lowest BCUT2D eigenvalue weighted by Crippen LogP contribution is -2.04. The SMILES string of the molecule is Cc1ccc(Nc2nccc(NCc3ccc4c(c3)OCO4)n2)cc1C. The summed E-state index contributed by atoms with van der Waals surface area (Å²) in [5.41, 5.74) is 4.56. The van der Waals surface area contributed by atoms with Gasteiger partial charge in [0.2, 0.25) is 12.7 Å². The number of hydrogen-bond donors (Lipinski definition) is 2. The van der Waals surface area contributed by atoms with Gasteiger partial charge in [0.15, 0.2) is 11.5 Å². The van der Waals surface area contributed by atoms with Crippen molar-refractivity contribution < 1.29 is 9.47 Å². The highest BCUT2D eigenvalue weighted by Gasteiger charge is 2.13. The van der Waals surface area contributed by atoms with E-state index in [1.807, 2.05) is 30.3 Å². The van der Waals surface area contributed by atoms with Crippen molar-refractivity contribution in [3.8, 4) is 11.5 Å². The van der Waals surface area contributed by atoms with Gasteiger partial charge in [-0.05, 0) is 60.9 Å². The summed E-state index contributed by atoms with van der Waals surface area (Å²) in [4.78, 5) is 8.81. The van der Waals surface area contributed by atoms with Gasteiger partial charge in [0, 0.05) is 18.4 Å². The highest BCUT2D eigenvalue weighted by atomic mass is 16.7. The number of nitrogens with zero attached hydrogens (tertiary/aromatic N) is 2. The number of anilines is 3. The summed E-state index contributed by atoms with van der Waals surface area (Å²) in [6, 6.07) is 14.0. The molecule has 2 aromatic carbocycles. The summed E-state index contributed by atoms with van der Waals surface area (Å²) in [5.74, 6) is 2.88. The zero-order chi connectivity index (χ0) is 17.9. The molecule has 0 fully saturated rings. The normalized spacial score (nSPS) is 12.1. The van der Waals surface area contributed by atoms with Crippen LogP contribution in [0.2, 0.25) is 0 Å². The molecule has 132 valence electrons. The van der Waals surface area contributed by atoms with Crippen LogP contribution >= 0.6 is 0 Å². The Hall–Kier alpha value is -3.28. The van der Waals surface area contributed by atoms with Gasteiger partial charge in [-0.2, -0.15) is 4.98 Å². The summed E-state index contributed by atoms with van der Waals surface area (Å²) in [6.07, 6.45) is 1.73. The molecule has 1 aliphatic heterocycles. The largest absolute Gasteiger partial charge is 0.454 e. The number of fused-ring (bicyclic) bond motifs is 1. The predicted octanol–water partition coefficient (Wildman–Crippen LogP) is 4.18. The van der Waals surface area contributed by atoms with Gasteiger partial charge in [0.05, 0.1) is 0 Å². The van der Waals surface area contributed by atoms with Gasteiger partial charge < -0.3 is 20.1 Å². The highest BCUT2D eigenvalue weighted by Crippen LogP contribution is 2.32. The Bertz CT molecular complexity index is 943. The van der Waals surface area contributed by atoms with Crippen LogP contribution in [0.3, 0.4) is 0 Å². The maximum atomic E-state index is 5.41.